The molecule has 0 atom stereocenters. The maximum atomic E-state index is 12.6. The molecule has 156 valence electrons. The first kappa shape index (κ1) is 19.9. The Hall–Kier alpha value is -2.39. The molecule has 3 N–H and O–H groups in total. The molecular weight excluding hydrogens is 392 g/mol. The van der Waals surface area contributed by atoms with Gasteiger partial charge in [0.25, 0.3) is 10.0 Å². The van der Waals surface area contributed by atoms with Crippen LogP contribution in [0.4, 0.5) is 10.5 Å². The number of urea groups is 1. The first-order valence-corrected chi connectivity index (χ1v) is 11.4. The minimum atomic E-state index is -4.07. The van der Waals surface area contributed by atoms with Gasteiger partial charge in [-0.1, -0.05) is 6.07 Å². The van der Waals surface area contributed by atoms with Crippen LogP contribution in [0.1, 0.15) is 48.9 Å². The fourth-order valence-corrected chi connectivity index (χ4v) is 5.11. The summed E-state index contributed by atoms with van der Waals surface area (Å²) in [4.78, 5) is 12.4. The number of rotatable bonds is 5. The monoisotopic (exact) mass is 418 g/mol. The number of anilines is 1. The average molecular weight is 419 g/mol. The number of aromatic nitrogens is 2. The molecule has 1 aromatic heterocycles. The minimum Gasteiger partial charge on any atom is -0.389 e. The smallest absolute Gasteiger partial charge is 0.333 e. The Morgan fingerprint density at radius 1 is 1.17 bits per heavy atom. The van der Waals surface area contributed by atoms with E-state index in [1.165, 1.54) is 28.2 Å². The molecule has 2 aromatic rings. The number of carbonyl (C=O) groups excluding carboxylic acids is 1. The number of carbonyl (C=O) groups is 1. The van der Waals surface area contributed by atoms with Crippen molar-refractivity contribution in [2.45, 2.75) is 69.4 Å². The van der Waals surface area contributed by atoms with Crippen LogP contribution in [-0.2, 0) is 42.3 Å². The zero-order chi connectivity index (χ0) is 20.8. The number of aliphatic hydroxyl groups is 1. The molecule has 1 aromatic carbocycles. The second-order valence-electron chi connectivity index (χ2n) is 8.48. The van der Waals surface area contributed by atoms with E-state index in [0.717, 1.165) is 55.3 Å². The molecule has 1 heterocycles. The van der Waals surface area contributed by atoms with E-state index < -0.39 is 21.7 Å². The van der Waals surface area contributed by atoms with Gasteiger partial charge in [-0.25, -0.2) is 17.9 Å². The third kappa shape index (κ3) is 4.16. The van der Waals surface area contributed by atoms with Gasteiger partial charge in [0, 0.05) is 11.9 Å². The number of hydrogen-bond donors (Lipinski definition) is 3. The molecule has 0 saturated heterocycles. The Labute approximate surface area is 170 Å². The van der Waals surface area contributed by atoms with Crippen molar-refractivity contribution >= 4 is 21.7 Å². The summed E-state index contributed by atoms with van der Waals surface area (Å²) in [5.74, 6) is 0. The standard InChI is InChI=1S/C20H26N4O4S/c1-20(2,26)12-24-11-15(10-21-24)29(27,28)23-19(25)22-18-16-7-3-5-13(16)9-14-6-4-8-17(14)18/h9-11,26H,3-8,12H2,1-2H3,(H2,22,23,25). The highest BCUT2D eigenvalue weighted by atomic mass is 32.2. The maximum absolute atomic E-state index is 12.6. The molecule has 29 heavy (non-hydrogen) atoms. The highest BCUT2D eigenvalue weighted by Crippen LogP contribution is 2.38. The zero-order valence-corrected chi connectivity index (χ0v) is 17.5. The molecule has 0 unspecified atom stereocenters. The second kappa shape index (κ2) is 7.14. The van der Waals surface area contributed by atoms with Crippen molar-refractivity contribution in [3.8, 4) is 0 Å². The van der Waals surface area contributed by atoms with E-state index in [4.69, 9.17) is 0 Å². The molecule has 0 saturated carbocycles. The van der Waals surface area contributed by atoms with Crippen molar-refractivity contribution in [2.75, 3.05) is 5.32 Å². The quantitative estimate of drug-likeness (QED) is 0.688. The van der Waals surface area contributed by atoms with Gasteiger partial charge in [-0.05, 0) is 74.6 Å². The minimum absolute atomic E-state index is 0.125. The van der Waals surface area contributed by atoms with Crippen molar-refractivity contribution in [2.24, 2.45) is 0 Å². The number of fused-ring (bicyclic) bond motifs is 2. The molecule has 4 rings (SSSR count). The number of benzene rings is 1. The molecule has 0 bridgehead atoms. The van der Waals surface area contributed by atoms with Crippen molar-refractivity contribution < 1.29 is 18.3 Å². The van der Waals surface area contributed by atoms with Gasteiger partial charge in [-0.15, -0.1) is 0 Å². The van der Waals surface area contributed by atoms with E-state index in [1.54, 1.807) is 13.8 Å². The summed E-state index contributed by atoms with van der Waals surface area (Å²) < 4.78 is 28.6. The highest BCUT2D eigenvalue weighted by molar-refractivity contribution is 7.90. The van der Waals surface area contributed by atoms with E-state index in [-0.39, 0.29) is 11.4 Å². The molecule has 0 fully saturated rings. The topological polar surface area (TPSA) is 113 Å². The fourth-order valence-electron chi connectivity index (χ4n) is 4.25. The summed E-state index contributed by atoms with van der Waals surface area (Å²) in [6.07, 6.45) is 8.35. The molecule has 2 aliphatic rings. The third-order valence-corrected chi connectivity index (χ3v) is 6.69. The third-order valence-electron chi connectivity index (χ3n) is 5.41. The van der Waals surface area contributed by atoms with Gasteiger partial charge in [0.1, 0.15) is 4.90 Å². The Morgan fingerprint density at radius 3 is 2.38 bits per heavy atom. The van der Waals surface area contributed by atoms with Crippen molar-refractivity contribution in [1.29, 1.82) is 0 Å². The van der Waals surface area contributed by atoms with Gasteiger partial charge < -0.3 is 10.4 Å². The lowest BCUT2D eigenvalue weighted by atomic mass is 9.99. The van der Waals surface area contributed by atoms with Crippen molar-refractivity contribution in [1.82, 2.24) is 14.5 Å². The number of aryl methyl sites for hydroxylation is 2. The summed E-state index contributed by atoms with van der Waals surface area (Å²) in [7, 11) is -4.07. The van der Waals surface area contributed by atoms with Crippen LogP contribution in [0.5, 0.6) is 0 Å². The van der Waals surface area contributed by atoms with Crippen LogP contribution in [0.2, 0.25) is 0 Å². The van der Waals surface area contributed by atoms with Crippen LogP contribution in [-0.4, -0.2) is 34.9 Å². The van der Waals surface area contributed by atoms with Crippen LogP contribution >= 0.6 is 0 Å². The largest absolute Gasteiger partial charge is 0.389 e. The first-order valence-electron chi connectivity index (χ1n) is 9.87. The van der Waals surface area contributed by atoms with Crippen LogP contribution < -0.4 is 10.0 Å². The zero-order valence-electron chi connectivity index (χ0n) is 16.7. The summed E-state index contributed by atoms with van der Waals surface area (Å²) in [5, 5.41) is 16.6. The lowest BCUT2D eigenvalue weighted by Crippen LogP contribution is -2.35. The molecule has 8 nitrogen and oxygen atoms in total. The lowest BCUT2D eigenvalue weighted by molar-refractivity contribution is 0.0576. The van der Waals surface area contributed by atoms with Gasteiger partial charge in [0.2, 0.25) is 0 Å². The van der Waals surface area contributed by atoms with E-state index in [1.807, 2.05) is 0 Å². The number of nitrogens with one attached hydrogen (secondary N) is 2. The van der Waals surface area contributed by atoms with E-state index in [9.17, 15) is 18.3 Å². The Morgan fingerprint density at radius 2 is 1.79 bits per heavy atom. The van der Waals surface area contributed by atoms with E-state index >= 15 is 0 Å². The molecule has 0 aliphatic heterocycles. The van der Waals surface area contributed by atoms with Crippen molar-refractivity contribution in [3.05, 3.63) is 40.7 Å². The van der Waals surface area contributed by atoms with E-state index in [2.05, 4.69) is 21.2 Å². The predicted octanol–water partition coefficient (Wildman–Crippen LogP) is 2.14. The Bertz CT molecular complexity index is 1030. The van der Waals surface area contributed by atoms with Crippen LogP contribution in [0.3, 0.4) is 0 Å². The van der Waals surface area contributed by atoms with Crippen LogP contribution in [0.15, 0.2) is 23.4 Å². The van der Waals surface area contributed by atoms with Crippen molar-refractivity contribution in [3.63, 3.8) is 0 Å². The highest BCUT2D eigenvalue weighted by Gasteiger charge is 2.27. The van der Waals surface area contributed by atoms with Gasteiger partial charge in [0.15, 0.2) is 0 Å². The summed E-state index contributed by atoms with van der Waals surface area (Å²) in [6, 6.07) is 1.48. The van der Waals surface area contributed by atoms with Gasteiger partial charge >= 0.3 is 6.03 Å². The first-order chi connectivity index (χ1) is 13.6. The summed E-state index contributed by atoms with van der Waals surface area (Å²) in [6.45, 7) is 3.34. The number of amides is 2. The molecule has 9 heteroatoms. The predicted molar refractivity (Wildman–Crippen MR) is 108 cm³/mol. The summed E-state index contributed by atoms with van der Waals surface area (Å²) >= 11 is 0. The maximum Gasteiger partial charge on any atom is 0.333 e. The van der Waals surface area contributed by atoms with Gasteiger partial charge in [0.05, 0.1) is 18.3 Å². The lowest BCUT2D eigenvalue weighted by Gasteiger charge is -2.17. The van der Waals surface area contributed by atoms with Crippen LogP contribution in [0, 0.1) is 0 Å². The van der Waals surface area contributed by atoms with Gasteiger partial charge in [-0.3, -0.25) is 4.68 Å². The number of sulfonamides is 1. The Balaban J connectivity index is 1.52. The average Bonchev–Trinajstić information content (AvgIpc) is 3.31. The number of hydrogen-bond acceptors (Lipinski definition) is 5. The van der Waals surface area contributed by atoms with Crippen LogP contribution in [0.25, 0.3) is 0 Å². The molecule has 2 amide bonds. The molecule has 0 radical (unpaired) electrons. The second-order valence-corrected chi connectivity index (χ2v) is 10.2. The fraction of sp³-hybridized carbons (Fsp3) is 0.500. The normalized spacial score (nSPS) is 15.8. The summed E-state index contributed by atoms with van der Waals surface area (Å²) in [5.41, 5.74) is 4.55. The molecule has 2 aliphatic carbocycles. The molecular formula is C20H26N4O4S. The number of nitrogens with zero attached hydrogens (tertiary/aromatic N) is 2. The SMILES string of the molecule is CC(C)(O)Cn1cc(S(=O)(=O)NC(=O)Nc2c3c(cc4c2CCC4)CCC3)cn1. The molecule has 0 spiro atoms. The van der Waals surface area contributed by atoms with Gasteiger partial charge in [-0.2, -0.15) is 5.10 Å². The van der Waals surface area contributed by atoms with E-state index in [0.29, 0.717) is 0 Å². The Kier molecular flexibility index (Phi) is 4.90.